The number of rotatable bonds is 6. The van der Waals surface area contributed by atoms with E-state index in [1.54, 1.807) is 49.4 Å². The molecule has 0 saturated carbocycles. The van der Waals surface area contributed by atoms with Crippen LogP contribution in [0.5, 0.6) is 5.75 Å². The Labute approximate surface area is 124 Å². The summed E-state index contributed by atoms with van der Waals surface area (Å²) in [6.45, 7) is 2.50. The van der Waals surface area contributed by atoms with Gasteiger partial charge in [-0.3, -0.25) is 0 Å². The number of aromatic hydroxyl groups is 1. The summed E-state index contributed by atoms with van der Waals surface area (Å²) in [5.41, 5.74) is 1.40. The van der Waals surface area contributed by atoms with Crippen LogP contribution in [-0.4, -0.2) is 20.1 Å². The molecule has 0 aliphatic rings. The maximum Gasteiger partial charge on any atom is 0.242 e. The molecule has 0 unspecified atom stereocenters. The Balaban J connectivity index is 2.21. The standard InChI is InChI=1S/C15H18N2O3S/c1-2-17-21(19,20)15-9-4-3-8-14(15)16-11-12-6-5-7-13(18)10-12/h3-10,16-18H,2,11H2,1H3. The van der Waals surface area contributed by atoms with Gasteiger partial charge in [-0.25, -0.2) is 13.1 Å². The average molecular weight is 306 g/mol. The van der Waals surface area contributed by atoms with E-state index in [0.29, 0.717) is 18.8 Å². The van der Waals surface area contributed by atoms with Crippen molar-refractivity contribution in [2.24, 2.45) is 0 Å². The largest absolute Gasteiger partial charge is 0.508 e. The first-order chi connectivity index (χ1) is 10.0. The van der Waals surface area contributed by atoms with Crippen LogP contribution in [0.15, 0.2) is 53.4 Å². The predicted octanol–water partition coefficient (Wildman–Crippen LogP) is 2.30. The molecule has 0 fully saturated rings. The summed E-state index contributed by atoms with van der Waals surface area (Å²) in [4.78, 5) is 0.215. The van der Waals surface area contributed by atoms with Gasteiger partial charge in [0, 0.05) is 13.1 Å². The van der Waals surface area contributed by atoms with Crippen molar-refractivity contribution in [2.45, 2.75) is 18.4 Å². The van der Waals surface area contributed by atoms with Crippen LogP contribution in [0.1, 0.15) is 12.5 Å². The molecule has 21 heavy (non-hydrogen) atoms. The second-order valence-electron chi connectivity index (χ2n) is 4.52. The van der Waals surface area contributed by atoms with Crippen LogP contribution in [-0.2, 0) is 16.6 Å². The van der Waals surface area contributed by atoms with Gasteiger partial charge in [0.25, 0.3) is 0 Å². The molecule has 0 heterocycles. The van der Waals surface area contributed by atoms with Gasteiger partial charge in [-0.05, 0) is 29.8 Å². The highest BCUT2D eigenvalue weighted by atomic mass is 32.2. The molecule has 0 spiro atoms. The van der Waals surface area contributed by atoms with E-state index >= 15 is 0 Å². The zero-order chi connectivity index (χ0) is 15.3. The average Bonchev–Trinajstić information content (AvgIpc) is 2.45. The van der Waals surface area contributed by atoms with E-state index in [0.717, 1.165) is 5.56 Å². The molecule has 3 N–H and O–H groups in total. The Bertz CT molecular complexity index is 714. The first-order valence-electron chi connectivity index (χ1n) is 6.63. The maximum atomic E-state index is 12.1. The lowest BCUT2D eigenvalue weighted by Gasteiger charge is -2.12. The number of hydrogen-bond acceptors (Lipinski definition) is 4. The van der Waals surface area contributed by atoms with Crippen molar-refractivity contribution in [2.75, 3.05) is 11.9 Å². The minimum atomic E-state index is -3.52. The SMILES string of the molecule is CCNS(=O)(=O)c1ccccc1NCc1cccc(O)c1. The molecule has 0 aromatic heterocycles. The van der Waals surface area contributed by atoms with Crippen LogP contribution in [0.2, 0.25) is 0 Å². The van der Waals surface area contributed by atoms with Gasteiger partial charge in [-0.1, -0.05) is 31.2 Å². The highest BCUT2D eigenvalue weighted by Gasteiger charge is 2.16. The lowest BCUT2D eigenvalue weighted by atomic mass is 10.2. The fraction of sp³-hybridized carbons (Fsp3) is 0.200. The Morgan fingerprint density at radius 1 is 1.10 bits per heavy atom. The first kappa shape index (κ1) is 15.3. The molecule has 0 aliphatic heterocycles. The number of nitrogens with one attached hydrogen (secondary N) is 2. The molecule has 0 amide bonds. The second kappa shape index (κ2) is 6.60. The Hall–Kier alpha value is -2.05. The Morgan fingerprint density at radius 2 is 1.86 bits per heavy atom. The third-order valence-corrected chi connectivity index (χ3v) is 4.51. The number of phenolic OH excluding ortho intramolecular Hbond substituents is 1. The molecule has 2 aromatic carbocycles. The van der Waals surface area contributed by atoms with Crippen molar-refractivity contribution in [1.29, 1.82) is 0 Å². The molecule has 5 nitrogen and oxygen atoms in total. The van der Waals surface area contributed by atoms with E-state index in [-0.39, 0.29) is 10.6 Å². The van der Waals surface area contributed by atoms with Crippen LogP contribution in [0.4, 0.5) is 5.69 Å². The quantitative estimate of drug-likeness (QED) is 0.765. The summed E-state index contributed by atoms with van der Waals surface area (Å²) in [7, 11) is -3.52. The van der Waals surface area contributed by atoms with E-state index in [4.69, 9.17) is 0 Å². The summed E-state index contributed by atoms with van der Waals surface area (Å²) in [6.07, 6.45) is 0. The van der Waals surface area contributed by atoms with E-state index < -0.39 is 10.0 Å². The monoisotopic (exact) mass is 306 g/mol. The predicted molar refractivity (Wildman–Crippen MR) is 82.7 cm³/mol. The summed E-state index contributed by atoms with van der Waals surface area (Å²) in [6, 6.07) is 13.6. The first-order valence-corrected chi connectivity index (χ1v) is 8.11. The van der Waals surface area contributed by atoms with Crippen molar-refractivity contribution in [3.63, 3.8) is 0 Å². The normalized spacial score (nSPS) is 11.3. The third kappa shape index (κ3) is 3.96. The maximum absolute atomic E-state index is 12.1. The smallest absolute Gasteiger partial charge is 0.242 e. The molecule has 112 valence electrons. The lowest BCUT2D eigenvalue weighted by molar-refractivity contribution is 0.474. The summed E-state index contributed by atoms with van der Waals surface area (Å²) >= 11 is 0. The van der Waals surface area contributed by atoms with E-state index in [1.165, 1.54) is 0 Å². The topological polar surface area (TPSA) is 78.4 Å². The Kier molecular flexibility index (Phi) is 4.82. The summed E-state index contributed by atoms with van der Waals surface area (Å²) < 4.78 is 26.7. The molecule has 0 bridgehead atoms. The molecular weight excluding hydrogens is 288 g/mol. The van der Waals surface area contributed by atoms with Crippen molar-refractivity contribution in [3.05, 3.63) is 54.1 Å². The van der Waals surface area contributed by atoms with Gasteiger partial charge >= 0.3 is 0 Å². The zero-order valence-electron chi connectivity index (χ0n) is 11.7. The molecule has 0 radical (unpaired) electrons. The number of hydrogen-bond donors (Lipinski definition) is 3. The highest BCUT2D eigenvalue weighted by Crippen LogP contribution is 2.21. The summed E-state index contributed by atoms with van der Waals surface area (Å²) in [5, 5.41) is 12.5. The van der Waals surface area contributed by atoms with Crippen LogP contribution in [0.25, 0.3) is 0 Å². The molecule has 0 aliphatic carbocycles. The molecule has 0 atom stereocenters. The number of phenols is 1. The minimum absolute atomic E-state index is 0.183. The van der Waals surface area contributed by atoms with Crippen molar-refractivity contribution in [1.82, 2.24) is 4.72 Å². The number of anilines is 1. The van der Waals surface area contributed by atoms with Crippen molar-refractivity contribution >= 4 is 15.7 Å². The molecule has 0 saturated heterocycles. The molecular formula is C15H18N2O3S. The van der Waals surface area contributed by atoms with Crippen LogP contribution in [0, 0.1) is 0 Å². The number of para-hydroxylation sites is 1. The van der Waals surface area contributed by atoms with Gasteiger partial charge in [0.15, 0.2) is 0 Å². The molecule has 2 rings (SSSR count). The van der Waals surface area contributed by atoms with E-state index in [2.05, 4.69) is 10.0 Å². The van der Waals surface area contributed by atoms with Crippen LogP contribution in [0.3, 0.4) is 0 Å². The van der Waals surface area contributed by atoms with Crippen molar-refractivity contribution in [3.8, 4) is 5.75 Å². The highest BCUT2D eigenvalue weighted by molar-refractivity contribution is 7.89. The van der Waals surface area contributed by atoms with Gasteiger partial charge in [0.1, 0.15) is 10.6 Å². The summed E-state index contributed by atoms with van der Waals surface area (Å²) in [5.74, 6) is 0.183. The van der Waals surface area contributed by atoms with Gasteiger partial charge < -0.3 is 10.4 Å². The fourth-order valence-corrected chi connectivity index (χ4v) is 3.20. The van der Waals surface area contributed by atoms with Crippen molar-refractivity contribution < 1.29 is 13.5 Å². The van der Waals surface area contributed by atoms with Gasteiger partial charge in [-0.15, -0.1) is 0 Å². The van der Waals surface area contributed by atoms with Gasteiger partial charge in [0.2, 0.25) is 10.0 Å². The van der Waals surface area contributed by atoms with Gasteiger partial charge in [-0.2, -0.15) is 0 Å². The van der Waals surface area contributed by atoms with Crippen LogP contribution >= 0.6 is 0 Å². The zero-order valence-corrected chi connectivity index (χ0v) is 12.5. The third-order valence-electron chi connectivity index (χ3n) is 2.90. The van der Waals surface area contributed by atoms with Gasteiger partial charge in [0.05, 0.1) is 5.69 Å². The number of sulfonamides is 1. The van der Waals surface area contributed by atoms with E-state index in [9.17, 15) is 13.5 Å². The Morgan fingerprint density at radius 3 is 2.57 bits per heavy atom. The fourth-order valence-electron chi connectivity index (χ4n) is 1.98. The molecule has 6 heteroatoms. The number of benzene rings is 2. The van der Waals surface area contributed by atoms with E-state index in [1.807, 2.05) is 6.07 Å². The molecule has 2 aromatic rings. The minimum Gasteiger partial charge on any atom is -0.508 e. The van der Waals surface area contributed by atoms with Crippen LogP contribution < -0.4 is 10.0 Å². The second-order valence-corrected chi connectivity index (χ2v) is 6.26. The lowest BCUT2D eigenvalue weighted by Crippen LogP contribution is -2.24.